The molecule has 116 valence electrons. The number of amides is 2. The van der Waals surface area contributed by atoms with E-state index in [0.717, 1.165) is 12.8 Å². The lowest BCUT2D eigenvalue weighted by molar-refractivity contribution is -0.125. The predicted molar refractivity (Wildman–Crippen MR) is 74.0 cm³/mol. The van der Waals surface area contributed by atoms with E-state index in [2.05, 4.69) is 5.32 Å². The van der Waals surface area contributed by atoms with Crippen molar-refractivity contribution in [2.45, 2.75) is 51.4 Å². The van der Waals surface area contributed by atoms with Gasteiger partial charge in [-0.1, -0.05) is 0 Å². The second-order valence-electron chi connectivity index (χ2n) is 6.05. The summed E-state index contributed by atoms with van der Waals surface area (Å²) in [5.74, 6) is -0.757. The van der Waals surface area contributed by atoms with E-state index in [4.69, 9.17) is 10.5 Å². The van der Waals surface area contributed by atoms with Gasteiger partial charge in [0.05, 0.1) is 0 Å². The highest BCUT2D eigenvalue weighted by Gasteiger charge is 2.31. The Balaban J connectivity index is 2.41. The number of primary amides is 1. The van der Waals surface area contributed by atoms with E-state index in [-0.39, 0.29) is 18.7 Å². The Morgan fingerprint density at radius 1 is 1.50 bits per heavy atom. The minimum absolute atomic E-state index is 0.0185. The number of rotatable bonds is 5. The monoisotopic (exact) mass is 287 g/mol. The molecule has 1 saturated heterocycles. The van der Waals surface area contributed by atoms with Crippen molar-refractivity contribution in [1.82, 2.24) is 10.2 Å². The summed E-state index contributed by atoms with van der Waals surface area (Å²) < 4.78 is 5.35. The molecule has 0 aromatic heterocycles. The lowest BCUT2D eigenvalue weighted by Gasteiger charge is -2.28. The van der Waals surface area contributed by atoms with E-state index < -0.39 is 17.6 Å². The second-order valence-corrected chi connectivity index (χ2v) is 6.05. The molecule has 7 nitrogen and oxygen atoms in total. The number of aliphatic hydroxyl groups is 1. The summed E-state index contributed by atoms with van der Waals surface area (Å²) in [5.41, 5.74) is 4.45. The molecule has 0 radical (unpaired) electrons. The molecule has 0 saturated carbocycles. The molecule has 2 unspecified atom stereocenters. The van der Waals surface area contributed by atoms with Crippen molar-refractivity contribution in [2.24, 2.45) is 5.73 Å². The average molecular weight is 287 g/mol. The highest BCUT2D eigenvalue weighted by atomic mass is 16.6. The molecule has 0 bridgehead atoms. The van der Waals surface area contributed by atoms with Crippen LogP contribution in [0.4, 0.5) is 4.79 Å². The molecule has 1 rings (SSSR count). The maximum absolute atomic E-state index is 12.0. The van der Waals surface area contributed by atoms with Crippen LogP contribution >= 0.6 is 0 Å². The number of hydrogen-bond donors (Lipinski definition) is 3. The fraction of sp³-hybridized carbons (Fsp3) is 0.846. The van der Waals surface area contributed by atoms with Crippen LogP contribution in [-0.4, -0.2) is 59.4 Å². The van der Waals surface area contributed by atoms with Crippen LogP contribution in [0.3, 0.4) is 0 Å². The van der Waals surface area contributed by atoms with Gasteiger partial charge in [-0.25, -0.2) is 4.79 Å². The first-order chi connectivity index (χ1) is 9.20. The Bertz CT molecular complexity index is 354. The molecular weight excluding hydrogens is 262 g/mol. The van der Waals surface area contributed by atoms with Gasteiger partial charge in [0.25, 0.3) is 0 Å². The molecule has 0 aliphatic carbocycles. The summed E-state index contributed by atoms with van der Waals surface area (Å²) in [6.45, 7) is 6.75. The highest BCUT2D eigenvalue weighted by molar-refractivity contribution is 5.78. The number of nitrogens with zero attached hydrogens (tertiary/aromatic N) is 1. The lowest BCUT2D eigenvalue weighted by atomic mass is 10.2. The largest absolute Gasteiger partial charge is 0.444 e. The summed E-state index contributed by atoms with van der Waals surface area (Å²) in [7, 11) is 0. The first kappa shape index (κ1) is 16.7. The SMILES string of the molecule is CC(C)(C)OC(=O)N1CCCC1CNCC(O)C(N)=O. The molecule has 1 aliphatic rings. The number of hydrogen-bond acceptors (Lipinski definition) is 5. The summed E-state index contributed by atoms with van der Waals surface area (Å²) in [4.78, 5) is 24.4. The van der Waals surface area contributed by atoms with Gasteiger partial charge in [-0.3, -0.25) is 4.79 Å². The Labute approximate surface area is 119 Å². The van der Waals surface area contributed by atoms with Gasteiger partial charge >= 0.3 is 6.09 Å². The molecular formula is C13H25N3O4. The first-order valence-corrected chi connectivity index (χ1v) is 6.88. The third-order valence-corrected chi connectivity index (χ3v) is 3.05. The van der Waals surface area contributed by atoms with Gasteiger partial charge < -0.3 is 25.8 Å². The van der Waals surface area contributed by atoms with Crippen LogP contribution in [0.15, 0.2) is 0 Å². The van der Waals surface area contributed by atoms with Crippen LogP contribution in [0, 0.1) is 0 Å². The molecule has 1 aliphatic heterocycles. The van der Waals surface area contributed by atoms with Crippen LogP contribution in [0.25, 0.3) is 0 Å². The quantitative estimate of drug-likeness (QED) is 0.650. The number of aliphatic hydroxyl groups excluding tert-OH is 1. The standard InChI is InChI=1S/C13H25N3O4/c1-13(2,3)20-12(19)16-6-4-5-9(16)7-15-8-10(17)11(14)18/h9-10,15,17H,4-8H2,1-3H3,(H2,14,18). The van der Waals surface area contributed by atoms with Crippen molar-refractivity contribution in [2.75, 3.05) is 19.6 Å². The van der Waals surface area contributed by atoms with E-state index >= 15 is 0 Å². The van der Waals surface area contributed by atoms with E-state index in [1.807, 2.05) is 20.8 Å². The van der Waals surface area contributed by atoms with Gasteiger partial charge in [0.15, 0.2) is 0 Å². The third kappa shape index (κ3) is 5.34. The summed E-state index contributed by atoms with van der Waals surface area (Å²) in [6, 6.07) is 0.0185. The van der Waals surface area contributed by atoms with E-state index in [1.165, 1.54) is 0 Å². The van der Waals surface area contributed by atoms with Crippen molar-refractivity contribution in [1.29, 1.82) is 0 Å². The summed E-state index contributed by atoms with van der Waals surface area (Å²) in [5, 5.41) is 12.2. The predicted octanol–water partition coefficient (Wildman–Crippen LogP) is -0.178. The molecule has 20 heavy (non-hydrogen) atoms. The van der Waals surface area contributed by atoms with Crippen LogP contribution in [0.2, 0.25) is 0 Å². The fourth-order valence-electron chi connectivity index (χ4n) is 2.10. The van der Waals surface area contributed by atoms with E-state index in [1.54, 1.807) is 4.90 Å². The zero-order valence-corrected chi connectivity index (χ0v) is 12.4. The third-order valence-electron chi connectivity index (χ3n) is 3.05. The lowest BCUT2D eigenvalue weighted by Crippen LogP contribution is -2.46. The van der Waals surface area contributed by atoms with Crippen LogP contribution in [0.1, 0.15) is 33.6 Å². The summed E-state index contributed by atoms with van der Waals surface area (Å²) in [6.07, 6.45) is 0.270. The Morgan fingerprint density at radius 3 is 2.70 bits per heavy atom. The van der Waals surface area contributed by atoms with Crippen LogP contribution in [0.5, 0.6) is 0 Å². The Kier molecular flexibility index (Phi) is 5.76. The zero-order valence-electron chi connectivity index (χ0n) is 12.4. The second kappa shape index (κ2) is 6.90. The molecule has 7 heteroatoms. The minimum Gasteiger partial charge on any atom is -0.444 e. The maximum atomic E-state index is 12.0. The van der Waals surface area contributed by atoms with Crippen molar-refractivity contribution in [3.05, 3.63) is 0 Å². The number of ether oxygens (including phenoxy) is 1. The normalized spacial score (nSPS) is 20.8. The number of nitrogens with one attached hydrogen (secondary N) is 1. The zero-order chi connectivity index (χ0) is 15.3. The molecule has 1 heterocycles. The average Bonchev–Trinajstić information content (AvgIpc) is 2.74. The van der Waals surface area contributed by atoms with Crippen LogP contribution in [-0.2, 0) is 9.53 Å². The molecule has 2 amide bonds. The van der Waals surface area contributed by atoms with Gasteiger partial charge in [0.1, 0.15) is 11.7 Å². The molecule has 0 aromatic carbocycles. The topological polar surface area (TPSA) is 105 Å². The van der Waals surface area contributed by atoms with Crippen molar-refractivity contribution in [3.8, 4) is 0 Å². The number of likely N-dealkylation sites (tertiary alicyclic amines) is 1. The number of carbonyl (C=O) groups is 2. The number of carbonyl (C=O) groups excluding carboxylic acids is 2. The maximum Gasteiger partial charge on any atom is 0.410 e. The molecule has 1 fully saturated rings. The molecule has 4 N–H and O–H groups in total. The van der Waals surface area contributed by atoms with Gasteiger partial charge in [0, 0.05) is 25.7 Å². The number of nitrogens with two attached hydrogens (primary N) is 1. The smallest absolute Gasteiger partial charge is 0.410 e. The molecule has 0 aromatic rings. The van der Waals surface area contributed by atoms with Crippen LogP contribution < -0.4 is 11.1 Å². The van der Waals surface area contributed by atoms with Gasteiger partial charge in [-0.2, -0.15) is 0 Å². The first-order valence-electron chi connectivity index (χ1n) is 6.88. The van der Waals surface area contributed by atoms with Crippen molar-refractivity contribution >= 4 is 12.0 Å². The fourth-order valence-corrected chi connectivity index (χ4v) is 2.10. The molecule has 2 atom stereocenters. The summed E-state index contributed by atoms with van der Waals surface area (Å²) >= 11 is 0. The Morgan fingerprint density at radius 2 is 2.15 bits per heavy atom. The van der Waals surface area contributed by atoms with Gasteiger partial charge in [-0.05, 0) is 33.6 Å². The van der Waals surface area contributed by atoms with Crippen molar-refractivity contribution in [3.63, 3.8) is 0 Å². The molecule has 0 spiro atoms. The van der Waals surface area contributed by atoms with Crippen molar-refractivity contribution < 1.29 is 19.4 Å². The van der Waals surface area contributed by atoms with Gasteiger partial charge in [0.2, 0.25) is 5.91 Å². The van der Waals surface area contributed by atoms with Gasteiger partial charge in [-0.15, -0.1) is 0 Å². The van der Waals surface area contributed by atoms with E-state index in [9.17, 15) is 14.7 Å². The Hall–Kier alpha value is -1.34. The van der Waals surface area contributed by atoms with E-state index in [0.29, 0.717) is 13.1 Å². The highest BCUT2D eigenvalue weighted by Crippen LogP contribution is 2.20. The minimum atomic E-state index is -1.20.